The molecule has 2 aromatic carbocycles. The molecular formula is C13H15N3. The predicted molar refractivity (Wildman–Crippen MR) is 68.5 cm³/mol. The van der Waals surface area contributed by atoms with Crippen LogP contribution in [-0.2, 0) is 6.54 Å². The first-order chi connectivity index (χ1) is 7.79. The lowest BCUT2D eigenvalue weighted by Crippen LogP contribution is -1.98. The topological polar surface area (TPSA) is 64.1 Å². The summed E-state index contributed by atoms with van der Waals surface area (Å²) in [6.07, 6.45) is 0. The molecule has 0 fully saturated rings. The van der Waals surface area contributed by atoms with Gasteiger partial charge in [-0.3, -0.25) is 0 Å². The van der Waals surface area contributed by atoms with Gasteiger partial charge in [0.2, 0.25) is 0 Å². The second-order valence-electron chi connectivity index (χ2n) is 3.61. The Morgan fingerprint density at radius 3 is 2.25 bits per heavy atom. The quantitative estimate of drug-likeness (QED) is 0.686. The Kier molecular flexibility index (Phi) is 3.08. The molecule has 0 radical (unpaired) electrons. The fourth-order valence-electron chi connectivity index (χ4n) is 1.49. The van der Waals surface area contributed by atoms with E-state index in [0.717, 1.165) is 22.6 Å². The van der Waals surface area contributed by atoms with Gasteiger partial charge in [-0.05, 0) is 29.8 Å². The molecule has 3 nitrogen and oxygen atoms in total. The van der Waals surface area contributed by atoms with Crippen LogP contribution in [0.4, 0.5) is 17.1 Å². The lowest BCUT2D eigenvalue weighted by atomic mass is 10.2. The molecule has 0 saturated carbocycles. The van der Waals surface area contributed by atoms with Gasteiger partial charge in [-0.2, -0.15) is 0 Å². The third-order valence-corrected chi connectivity index (χ3v) is 2.43. The first kappa shape index (κ1) is 10.5. The van der Waals surface area contributed by atoms with Gasteiger partial charge in [-0.1, -0.05) is 24.3 Å². The molecule has 0 saturated heterocycles. The number of hydrogen-bond acceptors (Lipinski definition) is 3. The largest absolute Gasteiger partial charge is 0.397 e. The highest BCUT2D eigenvalue weighted by Gasteiger charge is 1.98. The van der Waals surface area contributed by atoms with Crippen LogP contribution in [0.15, 0.2) is 48.5 Å². The Morgan fingerprint density at radius 2 is 1.62 bits per heavy atom. The van der Waals surface area contributed by atoms with Crippen molar-refractivity contribution in [2.75, 3.05) is 11.1 Å². The van der Waals surface area contributed by atoms with Crippen LogP contribution in [0.25, 0.3) is 0 Å². The molecular weight excluding hydrogens is 198 g/mol. The molecule has 0 aliphatic heterocycles. The van der Waals surface area contributed by atoms with Crippen molar-refractivity contribution < 1.29 is 0 Å². The van der Waals surface area contributed by atoms with Crippen molar-refractivity contribution in [3.05, 3.63) is 54.1 Å². The number of nitrogens with two attached hydrogens (primary N) is 2. The highest BCUT2D eigenvalue weighted by molar-refractivity contribution is 5.72. The Labute approximate surface area is 95.1 Å². The van der Waals surface area contributed by atoms with Crippen molar-refractivity contribution in [3.8, 4) is 0 Å². The van der Waals surface area contributed by atoms with Gasteiger partial charge in [0.15, 0.2) is 0 Å². The first-order valence-electron chi connectivity index (χ1n) is 5.20. The summed E-state index contributed by atoms with van der Waals surface area (Å²) in [6, 6.07) is 15.7. The van der Waals surface area contributed by atoms with Crippen LogP contribution in [0.3, 0.4) is 0 Å². The first-order valence-corrected chi connectivity index (χ1v) is 5.20. The molecule has 0 unspecified atom stereocenters. The van der Waals surface area contributed by atoms with Crippen molar-refractivity contribution in [1.29, 1.82) is 0 Å². The summed E-state index contributed by atoms with van der Waals surface area (Å²) in [5, 5.41) is 3.26. The molecule has 16 heavy (non-hydrogen) atoms. The van der Waals surface area contributed by atoms with Crippen LogP contribution >= 0.6 is 0 Å². The Balaban J connectivity index is 2.18. The molecule has 0 amide bonds. The summed E-state index contributed by atoms with van der Waals surface area (Å²) >= 11 is 0. The standard InChI is InChI=1S/C13H15N3/c14-9-10-5-7-11(8-6-10)16-13-4-2-1-3-12(13)15/h1-8,16H,9,14-15H2. The van der Waals surface area contributed by atoms with E-state index in [0.29, 0.717) is 6.54 Å². The summed E-state index contributed by atoms with van der Waals surface area (Å²) in [6.45, 7) is 0.563. The second kappa shape index (κ2) is 4.68. The lowest BCUT2D eigenvalue weighted by Gasteiger charge is -2.09. The summed E-state index contributed by atoms with van der Waals surface area (Å²) in [7, 11) is 0. The fraction of sp³-hybridized carbons (Fsp3) is 0.0769. The minimum absolute atomic E-state index is 0.563. The fourth-order valence-corrected chi connectivity index (χ4v) is 1.49. The summed E-state index contributed by atoms with van der Waals surface area (Å²) in [5.41, 5.74) is 15.2. The van der Waals surface area contributed by atoms with Crippen molar-refractivity contribution >= 4 is 17.1 Å². The van der Waals surface area contributed by atoms with Gasteiger partial charge in [0.1, 0.15) is 0 Å². The summed E-state index contributed by atoms with van der Waals surface area (Å²) in [4.78, 5) is 0. The van der Waals surface area contributed by atoms with Gasteiger partial charge in [0, 0.05) is 12.2 Å². The zero-order chi connectivity index (χ0) is 11.4. The molecule has 0 bridgehead atoms. The number of hydrogen-bond donors (Lipinski definition) is 3. The average molecular weight is 213 g/mol. The van der Waals surface area contributed by atoms with Gasteiger partial charge in [-0.15, -0.1) is 0 Å². The highest BCUT2D eigenvalue weighted by Crippen LogP contribution is 2.22. The SMILES string of the molecule is NCc1ccc(Nc2ccccc2N)cc1. The van der Waals surface area contributed by atoms with Gasteiger partial charge in [0.25, 0.3) is 0 Å². The van der Waals surface area contributed by atoms with Crippen molar-refractivity contribution in [3.63, 3.8) is 0 Å². The van der Waals surface area contributed by atoms with Crippen LogP contribution in [-0.4, -0.2) is 0 Å². The third kappa shape index (κ3) is 2.32. The molecule has 2 aromatic rings. The highest BCUT2D eigenvalue weighted by atomic mass is 14.9. The second-order valence-corrected chi connectivity index (χ2v) is 3.61. The maximum absolute atomic E-state index is 5.84. The van der Waals surface area contributed by atoms with Crippen LogP contribution in [0.5, 0.6) is 0 Å². The zero-order valence-corrected chi connectivity index (χ0v) is 8.98. The van der Waals surface area contributed by atoms with E-state index in [4.69, 9.17) is 11.5 Å². The minimum Gasteiger partial charge on any atom is -0.397 e. The molecule has 0 spiro atoms. The van der Waals surface area contributed by atoms with Crippen molar-refractivity contribution in [1.82, 2.24) is 0 Å². The summed E-state index contributed by atoms with van der Waals surface area (Å²) in [5.74, 6) is 0. The van der Waals surface area contributed by atoms with Crippen LogP contribution in [0, 0.1) is 0 Å². The Hall–Kier alpha value is -2.00. The lowest BCUT2D eigenvalue weighted by molar-refractivity contribution is 1.07. The molecule has 0 aliphatic carbocycles. The zero-order valence-electron chi connectivity index (χ0n) is 8.98. The molecule has 3 heteroatoms. The van der Waals surface area contributed by atoms with E-state index in [9.17, 15) is 0 Å². The number of para-hydroxylation sites is 2. The van der Waals surface area contributed by atoms with Crippen LogP contribution in [0.2, 0.25) is 0 Å². The van der Waals surface area contributed by atoms with Crippen LogP contribution < -0.4 is 16.8 Å². The molecule has 2 rings (SSSR count). The number of nitrogen functional groups attached to an aromatic ring is 1. The van der Waals surface area contributed by atoms with E-state index in [-0.39, 0.29) is 0 Å². The van der Waals surface area contributed by atoms with E-state index in [1.165, 1.54) is 0 Å². The normalized spacial score (nSPS) is 10.1. The van der Waals surface area contributed by atoms with Crippen molar-refractivity contribution in [2.45, 2.75) is 6.54 Å². The van der Waals surface area contributed by atoms with E-state index in [1.807, 2.05) is 48.5 Å². The third-order valence-electron chi connectivity index (χ3n) is 2.43. The molecule has 0 atom stereocenters. The van der Waals surface area contributed by atoms with Crippen molar-refractivity contribution in [2.24, 2.45) is 5.73 Å². The van der Waals surface area contributed by atoms with E-state index in [2.05, 4.69) is 5.32 Å². The molecule has 0 aromatic heterocycles. The maximum Gasteiger partial charge on any atom is 0.0617 e. The van der Waals surface area contributed by atoms with Gasteiger partial charge >= 0.3 is 0 Å². The maximum atomic E-state index is 5.84. The van der Waals surface area contributed by atoms with Gasteiger partial charge in [-0.25, -0.2) is 0 Å². The smallest absolute Gasteiger partial charge is 0.0617 e. The van der Waals surface area contributed by atoms with Gasteiger partial charge < -0.3 is 16.8 Å². The monoisotopic (exact) mass is 213 g/mol. The molecule has 82 valence electrons. The van der Waals surface area contributed by atoms with E-state index in [1.54, 1.807) is 0 Å². The van der Waals surface area contributed by atoms with E-state index < -0.39 is 0 Å². The number of benzene rings is 2. The predicted octanol–water partition coefficient (Wildman–Crippen LogP) is 2.47. The molecule has 0 heterocycles. The number of anilines is 3. The Bertz CT molecular complexity index is 463. The number of nitrogens with one attached hydrogen (secondary N) is 1. The summed E-state index contributed by atoms with van der Waals surface area (Å²) < 4.78 is 0. The molecule has 5 N–H and O–H groups in total. The Morgan fingerprint density at radius 1 is 0.938 bits per heavy atom. The number of rotatable bonds is 3. The van der Waals surface area contributed by atoms with Gasteiger partial charge in [0.05, 0.1) is 11.4 Å². The minimum atomic E-state index is 0.563. The van der Waals surface area contributed by atoms with E-state index >= 15 is 0 Å². The molecule has 0 aliphatic rings. The average Bonchev–Trinajstić information content (AvgIpc) is 2.33. The van der Waals surface area contributed by atoms with Crippen LogP contribution in [0.1, 0.15) is 5.56 Å².